The number of nitrogens with one attached hydrogen (secondary N) is 1. The third kappa shape index (κ3) is 3.02. The van der Waals surface area contributed by atoms with Crippen LogP contribution in [0.4, 0.5) is 5.82 Å². The number of amides is 1. The van der Waals surface area contributed by atoms with E-state index in [1.165, 1.54) is 32.1 Å². The second-order valence-electron chi connectivity index (χ2n) is 7.75. The normalized spacial score (nSPS) is 32.6. The molecular weight excluding hydrogens is 300 g/mol. The summed E-state index contributed by atoms with van der Waals surface area (Å²) in [6, 6.07) is 4.39. The molecule has 4 rings (SSSR count). The molecule has 1 aromatic heterocycles. The minimum absolute atomic E-state index is 0.0439. The van der Waals surface area contributed by atoms with E-state index >= 15 is 0 Å². The molecule has 2 aliphatic carbocycles. The molecule has 0 aromatic carbocycles. The van der Waals surface area contributed by atoms with Crippen molar-refractivity contribution in [3.63, 3.8) is 0 Å². The predicted molar refractivity (Wildman–Crippen MR) is 95.0 cm³/mol. The van der Waals surface area contributed by atoms with E-state index in [0.29, 0.717) is 17.9 Å². The fourth-order valence-corrected chi connectivity index (χ4v) is 5.01. The Morgan fingerprint density at radius 3 is 2.58 bits per heavy atom. The van der Waals surface area contributed by atoms with Gasteiger partial charge in [-0.25, -0.2) is 4.98 Å². The molecule has 0 spiro atoms. The number of fused-ring (bicyclic) bond motifs is 2. The quantitative estimate of drug-likeness (QED) is 0.893. The van der Waals surface area contributed by atoms with Crippen LogP contribution in [0.2, 0.25) is 0 Å². The van der Waals surface area contributed by atoms with Crippen LogP contribution in [0.5, 0.6) is 0 Å². The van der Waals surface area contributed by atoms with Crippen LogP contribution >= 0.6 is 0 Å². The summed E-state index contributed by atoms with van der Waals surface area (Å²) in [6.45, 7) is 2.00. The Kier molecular flexibility index (Phi) is 4.44. The number of nitrogens with two attached hydrogens (primary N) is 1. The summed E-state index contributed by atoms with van der Waals surface area (Å²) in [5, 5.41) is 3.36. The highest BCUT2D eigenvalue weighted by Crippen LogP contribution is 2.40. The van der Waals surface area contributed by atoms with Crippen LogP contribution in [0.1, 0.15) is 55.3 Å². The molecule has 130 valence electrons. The Balaban J connectivity index is 1.52. The molecule has 1 amide bonds. The lowest BCUT2D eigenvalue weighted by Crippen LogP contribution is -2.53. The zero-order chi connectivity index (χ0) is 16.5. The van der Waals surface area contributed by atoms with Gasteiger partial charge >= 0.3 is 0 Å². The molecule has 1 aromatic rings. The second kappa shape index (κ2) is 6.71. The largest absolute Gasteiger partial charge is 0.356 e. The molecule has 24 heavy (non-hydrogen) atoms. The number of carbonyl (C=O) groups excluding carboxylic acids is 1. The maximum Gasteiger partial charge on any atom is 0.255 e. The average molecular weight is 328 g/mol. The maximum atomic E-state index is 13.0. The van der Waals surface area contributed by atoms with Gasteiger partial charge in [0, 0.05) is 31.4 Å². The van der Waals surface area contributed by atoms with Crippen molar-refractivity contribution in [1.29, 1.82) is 0 Å². The summed E-state index contributed by atoms with van der Waals surface area (Å²) in [5.41, 5.74) is 6.94. The monoisotopic (exact) mass is 328 g/mol. The van der Waals surface area contributed by atoms with Gasteiger partial charge in [0.2, 0.25) is 0 Å². The molecule has 1 aliphatic heterocycles. The summed E-state index contributed by atoms with van der Waals surface area (Å²) < 4.78 is 0. The van der Waals surface area contributed by atoms with Crippen molar-refractivity contribution >= 4 is 11.7 Å². The number of pyridine rings is 1. The third-order valence-corrected chi connectivity index (χ3v) is 6.11. The summed E-state index contributed by atoms with van der Waals surface area (Å²) in [6.07, 6.45) is 9.92. The van der Waals surface area contributed by atoms with Gasteiger partial charge in [-0.3, -0.25) is 4.79 Å². The van der Waals surface area contributed by atoms with Gasteiger partial charge in [-0.15, -0.1) is 0 Å². The van der Waals surface area contributed by atoms with E-state index in [1.807, 2.05) is 12.1 Å². The van der Waals surface area contributed by atoms with Gasteiger partial charge in [0.1, 0.15) is 5.82 Å². The lowest BCUT2D eigenvalue weighted by Gasteiger charge is -2.45. The fraction of sp³-hybridized carbons (Fsp3) is 0.684. The molecule has 2 atom stereocenters. The smallest absolute Gasteiger partial charge is 0.255 e. The summed E-state index contributed by atoms with van der Waals surface area (Å²) in [5.74, 6) is 1.99. The van der Waals surface area contributed by atoms with Crippen molar-refractivity contribution in [3.05, 3.63) is 23.9 Å². The van der Waals surface area contributed by atoms with Gasteiger partial charge in [-0.1, -0.05) is 6.42 Å². The van der Waals surface area contributed by atoms with Crippen molar-refractivity contribution in [1.82, 2.24) is 10.3 Å². The number of anilines is 1. The van der Waals surface area contributed by atoms with Crippen molar-refractivity contribution in [2.75, 3.05) is 18.0 Å². The lowest BCUT2D eigenvalue weighted by atomic mass is 9.67. The van der Waals surface area contributed by atoms with Crippen LogP contribution in [0.25, 0.3) is 0 Å². The number of nitrogens with zero attached hydrogens (tertiary/aromatic N) is 2. The van der Waals surface area contributed by atoms with Crippen molar-refractivity contribution in [2.24, 2.45) is 17.6 Å². The Morgan fingerprint density at radius 2 is 1.88 bits per heavy atom. The molecule has 2 unspecified atom stereocenters. The topological polar surface area (TPSA) is 71.2 Å². The van der Waals surface area contributed by atoms with E-state index in [1.54, 1.807) is 6.20 Å². The van der Waals surface area contributed by atoms with Gasteiger partial charge in [0.05, 0.1) is 5.56 Å². The van der Waals surface area contributed by atoms with Gasteiger partial charge in [-0.2, -0.15) is 0 Å². The van der Waals surface area contributed by atoms with E-state index in [2.05, 4.69) is 15.2 Å². The third-order valence-electron chi connectivity index (χ3n) is 6.11. The van der Waals surface area contributed by atoms with Gasteiger partial charge < -0.3 is 16.0 Å². The Hall–Kier alpha value is -1.62. The minimum Gasteiger partial charge on any atom is -0.356 e. The minimum atomic E-state index is 0.0439. The van der Waals surface area contributed by atoms with Gasteiger partial charge in [-0.05, 0) is 62.5 Å². The van der Waals surface area contributed by atoms with E-state index in [0.717, 1.165) is 37.3 Å². The highest BCUT2D eigenvalue weighted by molar-refractivity contribution is 5.99. The molecule has 0 radical (unpaired) electrons. The molecule has 3 aliphatic rings. The first kappa shape index (κ1) is 15.9. The maximum absolute atomic E-state index is 13.0. The number of hydrogen-bond acceptors (Lipinski definition) is 4. The molecule has 3 fully saturated rings. The second-order valence-corrected chi connectivity index (χ2v) is 7.75. The number of rotatable bonds is 3. The van der Waals surface area contributed by atoms with E-state index in [4.69, 9.17) is 5.73 Å². The zero-order valence-electron chi connectivity index (χ0n) is 14.3. The summed E-state index contributed by atoms with van der Waals surface area (Å²) in [7, 11) is 0. The lowest BCUT2D eigenvalue weighted by molar-refractivity contribution is 0.0756. The predicted octanol–water partition coefficient (Wildman–Crippen LogP) is 2.32. The molecule has 1 saturated heterocycles. The zero-order valence-corrected chi connectivity index (χ0v) is 14.3. The summed E-state index contributed by atoms with van der Waals surface area (Å²) >= 11 is 0. The molecule has 5 nitrogen and oxygen atoms in total. The fourth-order valence-electron chi connectivity index (χ4n) is 5.01. The van der Waals surface area contributed by atoms with E-state index in [-0.39, 0.29) is 11.9 Å². The van der Waals surface area contributed by atoms with Crippen LogP contribution in [0.15, 0.2) is 18.3 Å². The first-order valence-corrected chi connectivity index (χ1v) is 9.49. The van der Waals surface area contributed by atoms with Crippen LogP contribution in [0.3, 0.4) is 0 Å². The SMILES string of the molecule is NC1CC2CCCC(C1)C2NC(=O)c1cccnc1N1CCCC1. The van der Waals surface area contributed by atoms with Crippen LogP contribution < -0.4 is 16.0 Å². The first-order chi connectivity index (χ1) is 11.7. The Morgan fingerprint density at radius 1 is 1.17 bits per heavy atom. The number of hydrogen-bond donors (Lipinski definition) is 2. The molecule has 2 bridgehead atoms. The first-order valence-electron chi connectivity index (χ1n) is 9.49. The molecular formula is C19H28N4O. The molecule has 3 N–H and O–H groups in total. The van der Waals surface area contributed by atoms with Crippen molar-refractivity contribution < 1.29 is 4.79 Å². The standard InChI is InChI=1S/C19H28N4O/c20-15-11-13-5-3-6-14(12-15)17(13)22-19(24)16-7-4-8-21-18(16)23-9-1-2-10-23/h4,7-8,13-15,17H,1-3,5-6,9-12,20H2,(H,22,24). The molecule has 2 heterocycles. The van der Waals surface area contributed by atoms with Gasteiger partial charge in [0.15, 0.2) is 0 Å². The Labute approximate surface area is 144 Å². The molecule has 5 heteroatoms. The number of aromatic nitrogens is 1. The van der Waals surface area contributed by atoms with Crippen LogP contribution in [-0.2, 0) is 0 Å². The average Bonchev–Trinajstić information content (AvgIpc) is 3.10. The highest BCUT2D eigenvalue weighted by Gasteiger charge is 2.40. The van der Waals surface area contributed by atoms with Crippen molar-refractivity contribution in [2.45, 2.75) is 57.0 Å². The van der Waals surface area contributed by atoms with Gasteiger partial charge in [0.25, 0.3) is 5.91 Å². The summed E-state index contributed by atoms with van der Waals surface area (Å²) in [4.78, 5) is 19.7. The molecule has 2 saturated carbocycles. The van der Waals surface area contributed by atoms with Crippen LogP contribution in [-0.4, -0.2) is 36.1 Å². The number of carbonyl (C=O) groups is 1. The van der Waals surface area contributed by atoms with E-state index in [9.17, 15) is 4.79 Å². The van der Waals surface area contributed by atoms with Crippen LogP contribution in [0, 0.1) is 11.8 Å². The Bertz CT molecular complexity index is 585. The highest BCUT2D eigenvalue weighted by atomic mass is 16.1. The van der Waals surface area contributed by atoms with E-state index < -0.39 is 0 Å². The van der Waals surface area contributed by atoms with Crippen molar-refractivity contribution in [3.8, 4) is 0 Å².